The van der Waals surface area contributed by atoms with Crippen molar-refractivity contribution >= 4 is 28.9 Å². The van der Waals surface area contributed by atoms with E-state index in [2.05, 4.69) is 17.1 Å². The average molecular weight is 296 g/mol. The van der Waals surface area contributed by atoms with Crippen molar-refractivity contribution in [2.75, 3.05) is 24.1 Å². The van der Waals surface area contributed by atoms with E-state index in [0.29, 0.717) is 29.0 Å². The monoisotopic (exact) mass is 295 g/mol. The van der Waals surface area contributed by atoms with Crippen LogP contribution in [0.25, 0.3) is 0 Å². The summed E-state index contributed by atoms with van der Waals surface area (Å²) in [4.78, 5) is 14.4. The van der Waals surface area contributed by atoms with E-state index in [0.717, 1.165) is 13.0 Å². The molecule has 20 heavy (non-hydrogen) atoms. The Morgan fingerprint density at radius 1 is 1.50 bits per heavy atom. The van der Waals surface area contributed by atoms with Crippen molar-refractivity contribution in [3.63, 3.8) is 0 Å². The molecule has 110 valence electrons. The topological polar surface area (TPSA) is 58.4 Å². The SMILES string of the molecule is CCC1CCCCN1CC(=O)Nc1ccc(Cl)cc1N. The van der Waals surface area contributed by atoms with Crippen LogP contribution in [0.2, 0.25) is 5.02 Å². The van der Waals surface area contributed by atoms with Gasteiger partial charge in [-0.15, -0.1) is 0 Å². The molecule has 0 saturated carbocycles. The number of rotatable bonds is 4. The molecule has 1 fully saturated rings. The van der Waals surface area contributed by atoms with Crippen LogP contribution in [-0.4, -0.2) is 29.9 Å². The minimum Gasteiger partial charge on any atom is -0.397 e. The zero-order valence-corrected chi connectivity index (χ0v) is 12.6. The number of hydrogen-bond donors (Lipinski definition) is 2. The van der Waals surface area contributed by atoms with Gasteiger partial charge in [-0.3, -0.25) is 9.69 Å². The molecule has 1 heterocycles. The van der Waals surface area contributed by atoms with Gasteiger partial charge in [-0.2, -0.15) is 0 Å². The summed E-state index contributed by atoms with van der Waals surface area (Å²) >= 11 is 5.85. The third kappa shape index (κ3) is 3.87. The fourth-order valence-corrected chi connectivity index (χ4v) is 2.93. The Bertz CT molecular complexity index is 478. The summed E-state index contributed by atoms with van der Waals surface area (Å²) in [5.41, 5.74) is 6.97. The maximum atomic E-state index is 12.1. The summed E-state index contributed by atoms with van der Waals surface area (Å²) in [5, 5.41) is 3.44. The second-order valence-electron chi connectivity index (χ2n) is 5.31. The molecule has 0 radical (unpaired) electrons. The van der Waals surface area contributed by atoms with Crippen LogP contribution < -0.4 is 11.1 Å². The Kier molecular flexibility index (Phi) is 5.26. The van der Waals surface area contributed by atoms with E-state index >= 15 is 0 Å². The number of piperidine rings is 1. The van der Waals surface area contributed by atoms with Gasteiger partial charge in [-0.05, 0) is 44.0 Å². The summed E-state index contributed by atoms with van der Waals surface area (Å²) in [6.45, 7) is 3.61. The highest BCUT2D eigenvalue weighted by Gasteiger charge is 2.22. The van der Waals surface area contributed by atoms with Gasteiger partial charge in [-0.25, -0.2) is 0 Å². The molecule has 0 aliphatic carbocycles. The van der Waals surface area contributed by atoms with Crippen molar-refractivity contribution in [2.24, 2.45) is 0 Å². The molecular formula is C15H22ClN3O. The molecule has 1 amide bonds. The first-order valence-electron chi connectivity index (χ1n) is 7.19. The maximum Gasteiger partial charge on any atom is 0.238 e. The first-order valence-corrected chi connectivity index (χ1v) is 7.57. The van der Waals surface area contributed by atoms with Gasteiger partial charge < -0.3 is 11.1 Å². The summed E-state index contributed by atoms with van der Waals surface area (Å²) in [6.07, 6.45) is 4.72. The normalized spacial score (nSPS) is 19.8. The lowest BCUT2D eigenvalue weighted by Crippen LogP contribution is -2.43. The molecule has 1 saturated heterocycles. The van der Waals surface area contributed by atoms with Crippen LogP contribution in [-0.2, 0) is 4.79 Å². The van der Waals surface area contributed by atoms with Crippen molar-refractivity contribution in [3.8, 4) is 0 Å². The van der Waals surface area contributed by atoms with Gasteiger partial charge in [0.05, 0.1) is 17.9 Å². The Morgan fingerprint density at radius 3 is 3.00 bits per heavy atom. The zero-order valence-electron chi connectivity index (χ0n) is 11.9. The van der Waals surface area contributed by atoms with Crippen LogP contribution >= 0.6 is 11.6 Å². The molecule has 4 nitrogen and oxygen atoms in total. The molecule has 1 aromatic carbocycles. The number of anilines is 2. The van der Waals surface area contributed by atoms with Crippen LogP contribution in [0.1, 0.15) is 32.6 Å². The number of nitrogens with two attached hydrogens (primary N) is 1. The molecule has 1 unspecified atom stereocenters. The van der Waals surface area contributed by atoms with Gasteiger partial charge in [0.2, 0.25) is 5.91 Å². The smallest absolute Gasteiger partial charge is 0.238 e. The van der Waals surface area contributed by atoms with E-state index in [1.165, 1.54) is 19.3 Å². The van der Waals surface area contributed by atoms with Gasteiger partial charge in [0.25, 0.3) is 0 Å². The number of halogens is 1. The molecule has 2 rings (SSSR count). The van der Waals surface area contributed by atoms with Gasteiger partial charge in [0.1, 0.15) is 0 Å². The van der Waals surface area contributed by atoms with Crippen molar-refractivity contribution in [1.82, 2.24) is 4.90 Å². The largest absolute Gasteiger partial charge is 0.397 e. The number of carbonyl (C=O) groups excluding carboxylic acids is 1. The Morgan fingerprint density at radius 2 is 2.30 bits per heavy atom. The minimum atomic E-state index is -0.0145. The van der Waals surface area contributed by atoms with Crippen molar-refractivity contribution in [2.45, 2.75) is 38.6 Å². The molecular weight excluding hydrogens is 274 g/mol. The number of benzene rings is 1. The maximum absolute atomic E-state index is 12.1. The fourth-order valence-electron chi connectivity index (χ4n) is 2.75. The molecule has 1 aliphatic rings. The Hall–Kier alpha value is -1.26. The average Bonchev–Trinajstić information content (AvgIpc) is 2.42. The standard InChI is InChI=1S/C15H22ClN3O/c1-2-12-5-3-4-8-19(12)10-15(20)18-14-7-6-11(16)9-13(14)17/h6-7,9,12H,2-5,8,10,17H2,1H3,(H,18,20). The second kappa shape index (κ2) is 6.95. The lowest BCUT2D eigenvalue weighted by atomic mass is 10.00. The summed E-state index contributed by atoms with van der Waals surface area (Å²) in [6, 6.07) is 5.64. The number of hydrogen-bond acceptors (Lipinski definition) is 3. The second-order valence-corrected chi connectivity index (χ2v) is 5.74. The minimum absolute atomic E-state index is 0.0145. The molecule has 1 atom stereocenters. The fraction of sp³-hybridized carbons (Fsp3) is 0.533. The number of nitrogens with zero attached hydrogens (tertiary/aromatic N) is 1. The lowest BCUT2D eigenvalue weighted by Gasteiger charge is -2.34. The van der Waals surface area contributed by atoms with Gasteiger partial charge >= 0.3 is 0 Å². The third-order valence-corrected chi connectivity index (χ3v) is 4.09. The van der Waals surface area contributed by atoms with Crippen LogP contribution in [0.4, 0.5) is 11.4 Å². The van der Waals surface area contributed by atoms with Crippen molar-refractivity contribution in [1.29, 1.82) is 0 Å². The van der Waals surface area contributed by atoms with Gasteiger partial charge in [-0.1, -0.05) is 24.9 Å². The first kappa shape index (κ1) is 15.1. The summed E-state index contributed by atoms with van der Waals surface area (Å²) in [7, 11) is 0. The molecule has 3 N–H and O–H groups in total. The summed E-state index contributed by atoms with van der Waals surface area (Å²) < 4.78 is 0. The number of likely N-dealkylation sites (tertiary alicyclic amines) is 1. The van der Waals surface area contributed by atoms with Crippen molar-refractivity contribution < 1.29 is 4.79 Å². The highest BCUT2D eigenvalue weighted by molar-refractivity contribution is 6.31. The molecule has 1 aromatic rings. The van der Waals surface area contributed by atoms with Gasteiger partial charge in [0, 0.05) is 11.1 Å². The predicted octanol–water partition coefficient (Wildman–Crippen LogP) is 3.13. The van der Waals surface area contributed by atoms with E-state index < -0.39 is 0 Å². The Labute approximate surface area is 125 Å². The number of nitrogen functional groups attached to an aromatic ring is 1. The number of carbonyl (C=O) groups is 1. The highest BCUT2D eigenvalue weighted by atomic mass is 35.5. The van der Waals surface area contributed by atoms with E-state index in [1.807, 2.05) is 0 Å². The van der Waals surface area contributed by atoms with Crippen LogP contribution in [0.5, 0.6) is 0 Å². The highest BCUT2D eigenvalue weighted by Crippen LogP contribution is 2.23. The van der Waals surface area contributed by atoms with Crippen LogP contribution in [0.3, 0.4) is 0 Å². The molecule has 0 spiro atoms. The zero-order chi connectivity index (χ0) is 14.5. The van der Waals surface area contributed by atoms with Crippen LogP contribution in [0, 0.1) is 0 Å². The molecule has 1 aliphatic heterocycles. The van der Waals surface area contributed by atoms with E-state index in [-0.39, 0.29) is 5.91 Å². The lowest BCUT2D eigenvalue weighted by molar-refractivity contribution is -0.118. The number of nitrogens with one attached hydrogen (secondary N) is 1. The number of amides is 1. The molecule has 0 bridgehead atoms. The summed E-state index contributed by atoms with van der Waals surface area (Å²) in [5.74, 6) is -0.0145. The Balaban J connectivity index is 1.94. The first-order chi connectivity index (χ1) is 9.60. The van der Waals surface area contributed by atoms with E-state index in [1.54, 1.807) is 18.2 Å². The quantitative estimate of drug-likeness (QED) is 0.839. The predicted molar refractivity (Wildman–Crippen MR) is 84.0 cm³/mol. The van der Waals surface area contributed by atoms with E-state index in [4.69, 9.17) is 17.3 Å². The third-order valence-electron chi connectivity index (χ3n) is 3.85. The molecule has 0 aromatic heterocycles. The van der Waals surface area contributed by atoms with Crippen molar-refractivity contribution in [3.05, 3.63) is 23.2 Å². The van der Waals surface area contributed by atoms with E-state index in [9.17, 15) is 4.79 Å². The molecule has 5 heteroatoms. The van der Waals surface area contributed by atoms with Crippen LogP contribution in [0.15, 0.2) is 18.2 Å². The van der Waals surface area contributed by atoms with Gasteiger partial charge in [0.15, 0.2) is 0 Å².